The Morgan fingerprint density at radius 1 is 1.14 bits per heavy atom. The van der Waals surface area contributed by atoms with E-state index < -0.39 is 18.2 Å². The maximum absolute atomic E-state index is 12.3. The predicted molar refractivity (Wildman–Crippen MR) is 77.6 cm³/mol. The van der Waals surface area contributed by atoms with Gasteiger partial charge in [0.2, 0.25) is 0 Å². The first-order chi connectivity index (χ1) is 10.6. The molecule has 2 heterocycles. The highest BCUT2D eigenvalue weighted by atomic mass is 16.5. The average molecular weight is 315 g/mol. The average Bonchev–Trinajstić information content (AvgIpc) is 3.02. The Balaban J connectivity index is 1.68. The number of likely N-dealkylation sites (tertiary alicyclic amines) is 1. The summed E-state index contributed by atoms with van der Waals surface area (Å²) in [5, 5.41) is 8.90. The standard InChI is InChI=1S/C15H25NO6/c1-20-9-2-10-21-11-5-7-16(8-6-11)14(17)12-3-4-13(22-12)15(18)19/h11-13H,2-10H2,1H3,(H,18,19)/t12-,13+/m0/s1. The maximum Gasteiger partial charge on any atom is 0.332 e. The van der Waals surface area contributed by atoms with Crippen LogP contribution in [-0.2, 0) is 23.8 Å². The number of carbonyl (C=O) groups excluding carboxylic acids is 1. The van der Waals surface area contributed by atoms with E-state index in [0.717, 1.165) is 19.3 Å². The molecule has 0 unspecified atom stereocenters. The molecule has 2 aliphatic heterocycles. The Morgan fingerprint density at radius 2 is 1.82 bits per heavy atom. The third kappa shape index (κ3) is 4.66. The smallest absolute Gasteiger partial charge is 0.332 e. The molecule has 7 heteroatoms. The lowest BCUT2D eigenvalue weighted by Gasteiger charge is -2.33. The van der Waals surface area contributed by atoms with Gasteiger partial charge in [-0.3, -0.25) is 4.79 Å². The van der Waals surface area contributed by atoms with Crippen LogP contribution in [0.1, 0.15) is 32.1 Å². The lowest BCUT2D eigenvalue weighted by atomic mass is 10.1. The summed E-state index contributed by atoms with van der Waals surface area (Å²) in [6.45, 7) is 2.66. The number of carboxylic acid groups (broad SMARTS) is 1. The van der Waals surface area contributed by atoms with Crippen LogP contribution in [0.5, 0.6) is 0 Å². The third-order valence-corrected chi connectivity index (χ3v) is 4.17. The summed E-state index contributed by atoms with van der Waals surface area (Å²) < 4.78 is 16.1. The lowest BCUT2D eigenvalue weighted by molar-refractivity contribution is -0.155. The molecule has 0 aromatic heterocycles. The summed E-state index contributed by atoms with van der Waals surface area (Å²) in [5.74, 6) is -1.07. The van der Waals surface area contributed by atoms with Crippen LogP contribution < -0.4 is 0 Å². The van der Waals surface area contributed by atoms with Gasteiger partial charge >= 0.3 is 5.97 Å². The zero-order chi connectivity index (χ0) is 15.9. The Kier molecular flexibility index (Phi) is 6.60. The summed E-state index contributed by atoms with van der Waals surface area (Å²) in [7, 11) is 1.67. The zero-order valence-electron chi connectivity index (χ0n) is 13.0. The number of carbonyl (C=O) groups is 2. The van der Waals surface area contributed by atoms with Crippen molar-refractivity contribution in [3.8, 4) is 0 Å². The maximum atomic E-state index is 12.3. The quantitative estimate of drug-likeness (QED) is 0.695. The van der Waals surface area contributed by atoms with Crippen molar-refractivity contribution in [2.24, 2.45) is 0 Å². The van der Waals surface area contributed by atoms with E-state index in [1.807, 2.05) is 0 Å². The fourth-order valence-corrected chi connectivity index (χ4v) is 2.90. The first-order valence-corrected chi connectivity index (χ1v) is 7.89. The van der Waals surface area contributed by atoms with E-state index in [4.69, 9.17) is 19.3 Å². The van der Waals surface area contributed by atoms with Crippen molar-refractivity contribution in [2.45, 2.75) is 50.4 Å². The molecule has 2 aliphatic rings. The first-order valence-electron chi connectivity index (χ1n) is 7.89. The number of methoxy groups -OCH3 is 1. The molecule has 0 bridgehead atoms. The number of ether oxygens (including phenoxy) is 3. The van der Waals surface area contributed by atoms with Crippen LogP contribution >= 0.6 is 0 Å². The van der Waals surface area contributed by atoms with Gasteiger partial charge in [-0.1, -0.05) is 0 Å². The second-order valence-electron chi connectivity index (χ2n) is 5.77. The molecule has 22 heavy (non-hydrogen) atoms. The molecule has 7 nitrogen and oxygen atoms in total. The molecule has 126 valence electrons. The van der Waals surface area contributed by atoms with Crippen molar-refractivity contribution in [3.63, 3.8) is 0 Å². The predicted octanol–water partition coefficient (Wildman–Crippen LogP) is 0.663. The number of aliphatic carboxylic acids is 1. The van der Waals surface area contributed by atoms with Gasteiger partial charge in [0.1, 0.15) is 6.10 Å². The van der Waals surface area contributed by atoms with Crippen LogP contribution in [0.2, 0.25) is 0 Å². The van der Waals surface area contributed by atoms with Crippen molar-refractivity contribution in [3.05, 3.63) is 0 Å². The number of hydrogen-bond donors (Lipinski definition) is 1. The van der Waals surface area contributed by atoms with Gasteiger partial charge in [0.15, 0.2) is 6.10 Å². The van der Waals surface area contributed by atoms with Gasteiger partial charge in [0, 0.05) is 33.4 Å². The van der Waals surface area contributed by atoms with Crippen LogP contribution in [-0.4, -0.2) is 73.6 Å². The van der Waals surface area contributed by atoms with Gasteiger partial charge in [-0.2, -0.15) is 0 Å². The van der Waals surface area contributed by atoms with Gasteiger partial charge < -0.3 is 24.2 Å². The lowest BCUT2D eigenvalue weighted by Crippen LogP contribution is -2.45. The summed E-state index contributed by atoms with van der Waals surface area (Å²) in [5.41, 5.74) is 0. The van der Waals surface area contributed by atoms with Gasteiger partial charge in [-0.05, 0) is 32.1 Å². The van der Waals surface area contributed by atoms with E-state index >= 15 is 0 Å². The van der Waals surface area contributed by atoms with Crippen molar-refractivity contribution < 1.29 is 28.9 Å². The van der Waals surface area contributed by atoms with E-state index in [2.05, 4.69) is 0 Å². The Morgan fingerprint density at radius 3 is 2.41 bits per heavy atom. The topological polar surface area (TPSA) is 85.3 Å². The summed E-state index contributed by atoms with van der Waals surface area (Å²) in [4.78, 5) is 25.0. The number of hydrogen-bond acceptors (Lipinski definition) is 5. The van der Waals surface area contributed by atoms with Crippen molar-refractivity contribution in [1.29, 1.82) is 0 Å². The van der Waals surface area contributed by atoms with Crippen LogP contribution in [0, 0.1) is 0 Å². The molecule has 2 rings (SSSR count). The minimum absolute atomic E-state index is 0.0819. The second kappa shape index (κ2) is 8.45. The normalized spacial score (nSPS) is 26.3. The highest BCUT2D eigenvalue weighted by molar-refractivity contribution is 5.82. The fraction of sp³-hybridized carbons (Fsp3) is 0.867. The second-order valence-corrected chi connectivity index (χ2v) is 5.77. The number of piperidine rings is 1. The minimum atomic E-state index is -0.988. The summed E-state index contributed by atoms with van der Waals surface area (Å²) in [6, 6.07) is 0. The van der Waals surface area contributed by atoms with E-state index in [1.165, 1.54) is 0 Å². The summed E-state index contributed by atoms with van der Waals surface area (Å²) >= 11 is 0. The van der Waals surface area contributed by atoms with Gasteiger partial charge in [0.05, 0.1) is 6.10 Å². The zero-order valence-corrected chi connectivity index (χ0v) is 13.0. The van der Waals surface area contributed by atoms with Crippen molar-refractivity contribution >= 4 is 11.9 Å². The molecule has 0 radical (unpaired) electrons. The molecular weight excluding hydrogens is 290 g/mol. The monoisotopic (exact) mass is 315 g/mol. The Labute approximate surface area is 130 Å². The third-order valence-electron chi connectivity index (χ3n) is 4.17. The summed E-state index contributed by atoms with van der Waals surface area (Å²) in [6.07, 6.45) is 2.16. The highest BCUT2D eigenvalue weighted by Crippen LogP contribution is 2.23. The van der Waals surface area contributed by atoms with Crippen molar-refractivity contribution in [2.75, 3.05) is 33.4 Å². The van der Waals surface area contributed by atoms with Gasteiger partial charge in [0.25, 0.3) is 5.91 Å². The molecule has 2 saturated heterocycles. The molecule has 0 aliphatic carbocycles. The van der Waals surface area contributed by atoms with Crippen molar-refractivity contribution in [1.82, 2.24) is 4.90 Å². The molecular formula is C15H25NO6. The van der Waals surface area contributed by atoms with Gasteiger partial charge in [-0.15, -0.1) is 0 Å². The minimum Gasteiger partial charge on any atom is -0.479 e. The molecule has 2 fully saturated rings. The SMILES string of the molecule is COCCCOC1CCN(C(=O)[C@@H]2CC[C@H](C(=O)O)O2)CC1. The number of nitrogens with zero attached hydrogens (tertiary/aromatic N) is 1. The van der Waals surface area contributed by atoms with E-state index in [0.29, 0.717) is 39.1 Å². The van der Waals surface area contributed by atoms with E-state index in [1.54, 1.807) is 12.0 Å². The molecule has 1 amide bonds. The molecule has 0 aromatic carbocycles. The number of carboxylic acids is 1. The molecule has 0 aromatic rings. The van der Waals surface area contributed by atoms with E-state index in [9.17, 15) is 9.59 Å². The van der Waals surface area contributed by atoms with Crippen LogP contribution in [0.4, 0.5) is 0 Å². The van der Waals surface area contributed by atoms with Crippen LogP contribution in [0.15, 0.2) is 0 Å². The fourth-order valence-electron chi connectivity index (χ4n) is 2.90. The largest absolute Gasteiger partial charge is 0.479 e. The first kappa shape index (κ1) is 17.2. The molecule has 0 saturated carbocycles. The Bertz CT molecular complexity index is 380. The van der Waals surface area contributed by atoms with Crippen LogP contribution in [0.3, 0.4) is 0 Å². The number of rotatable bonds is 7. The Hall–Kier alpha value is -1.18. The van der Waals surface area contributed by atoms with Crippen LogP contribution in [0.25, 0.3) is 0 Å². The van der Waals surface area contributed by atoms with E-state index in [-0.39, 0.29) is 12.0 Å². The molecule has 0 spiro atoms. The molecule has 2 atom stereocenters. The molecule has 1 N–H and O–H groups in total. The number of amides is 1. The highest BCUT2D eigenvalue weighted by Gasteiger charge is 2.37. The van der Waals surface area contributed by atoms with Gasteiger partial charge in [-0.25, -0.2) is 4.79 Å².